The van der Waals surface area contributed by atoms with Crippen LogP contribution in [0.2, 0.25) is 0 Å². The molecule has 1 saturated heterocycles. The van der Waals surface area contributed by atoms with Gasteiger partial charge in [0.1, 0.15) is 23.3 Å². The summed E-state index contributed by atoms with van der Waals surface area (Å²) < 4.78 is 12.2. The zero-order valence-electron chi connectivity index (χ0n) is 20.7. The first-order chi connectivity index (χ1) is 17.8. The molecule has 4 aromatic rings. The SMILES string of the molecule is Cc1cc(C(=O)O)ccc1-c1ccc([C@H]2[C@@H](c3ccccn3)NC(=S)N2c2ccc(OC(C)C)cc2)o1. The average Bonchev–Trinajstić information content (AvgIpc) is 3.49. The number of carboxylic acid groups (broad SMARTS) is 1. The van der Waals surface area contributed by atoms with Crippen LogP contribution in [-0.4, -0.2) is 27.3 Å². The van der Waals surface area contributed by atoms with Gasteiger partial charge >= 0.3 is 5.97 Å². The molecule has 0 unspecified atom stereocenters. The van der Waals surface area contributed by atoms with E-state index in [-0.39, 0.29) is 23.8 Å². The van der Waals surface area contributed by atoms with Crippen molar-refractivity contribution in [1.82, 2.24) is 10.3 Å². The van der Waals surface area contributed by atoms with Crippen LogP contribution in [0.15, 0.2) is 83.4 Å². The van der Waals surface area contributed by atoms with Crippen molar-refractivity contribution in [2.75, 3.05) is 4.90 Å². The van der Waals surface area contributed by atoms with Crippen molar-refractivity contribution in [2.24, 2.45) is 0 Å². The van der Waals surface area contributed by atoms with Gasteiger partial charge in [-0.2, -0.15) is 0 Å². The van der Waals surface area contributed by atoms with Gasteiger partial charge < -0.3 is 24.5 Å². The minimum atomic E-state index is -0.959. The number of benzene rings is 2. The normalized spacial score (nSPS) is 17.2. The van der Waals surface area contributed by atoms with Crippen molar-refractivity contribution in [3.63, 3.8) is 0 Å². The maximum absolute atomic E-state index is 11.4. The maximum atomic E-state index is 11.4. The number of aryl methyl sites for hydroxylation is 1. The van der Waals surface area contributed by atoms with Crippen molar-refractivity contribution < 1.29 is 19.1 Å². The minimum absolute atomic E-state index is 0.0798. The fraction of sp³-hybridized carbons (Fsp3) is 0.207. The average molecular weight is 514 g/mol. The van der Waals surface area contributed by atoms with Crippen molar-refractivity contribution in [3.05, 3.63) is 102 Å². The smallest absolute Gasteiger partial charge is 0.335 e. The number of nitrogens with one attached hydrogen (secondary N) is 1. The Morgan fingerprint density at radius 3 is 2.54 bits per heavy atom. The highest BCUT2D eigenvalue weighted by molar-refractivity contribution is 7.80. The van der Waals surface area contributed by atoms with Gasteiger partial charge in [0.25, 0.3) is 0 Å². The third-order valence-electron chi connectivity index (χ3n) is 6.24. The molecule has 1 fully saturated rings. The van der Waals surface area contributed by atoms with Crippen LogP contribution in [0.4, 0.5) is 5.69 Å². The van der Waals surface area contributed by atoms with E-state index in [4.69, 9.17) is 21.4 Å². The molecule has 0 aliphatic carbocycles. The second-order valence-corrected chi connectivity index (χ2v) is 9.58. The largest absolute Gasteiger partial charge is 0.491 e. The van der Waals surface area contributed by atoms with Gasteiger partial charge in [0.05, 0.1) is 23.4 Å². The fourth-order valence-electron chi connectivity index (χ4n) is 4.61. The molecule has 2 aromatic heterocycles. The number of pyridine rings is 1. The predicted octanol–water partition coefficient (Wildman–Crippen LogP) is 6.31. The molecule has 0 spiro atoms. The number of hydrogen-bond acceptors (Lipinski definition) is 5. The molecule has 0 radical (unpaired) electrons. The lowest BCUT2D eigenvalue weighted by molar-refractivity contribution is 0.0696. The van der Waals surface area contributed by atoms with Gasteiger partial charge in [0.15, 0.2) is 5.11 Å². The molecule has 37 heavy (non-hydrogen) atoms. The standard InChI is InChI=1S/C29H27N3O4S/c1-17(2)35-21-10-8-20(9-11-21)32-27(26(31-29(32)37)23-6-4-5-15-30-23)25-14-13-24(36-25)22-12-7-19(28(33)34)16-18(22)3/h4-17,26-27H,1-3H3,(H,31,37)(H,33,34)/t26-,27+/m1/s1. The third kappa shape index (κ3) is 4.93. The monoisotopic (exact) mass is 513 g/mol. The number of aromatic nitrogens is 1. The molecule has 0 amide bonds. The van der Waals surface area contributed by atoms with E-state index in [1.54, 1.807) is 24.4 Å². The summed E-state index contributed by atoms with van der Waals surface area (Å²) in [5, 5.41) is 13.3. The van der Waals surface area contributed by atoms with Crippen molar-refractivity contribution in [1.29, 1.82) is 0 Å². The lowest BCUT2D eigenvalue weighted by Gasteiger charge is -2.26. The van der Waals surface area contributed by atoms with E-state index in [2.05, 4.69) is 10.3 Å². The molecule has 5 rings (SSSR count). The Hall–Kier alpha value is -4.17. The maximum Gasteiger partial charge on any atom is 0.335 e. The molecular weight excluding hydrogens is 486 g/mol. The zero-order valence-corrected chi connectivity index (χ0v) is 21.5. The summed E-state index contributed by atoms with van der Waals surface area (Å²) in [5.41, 5.74) is 3.64. The summed E-state index contributed by atoms with van der Waals surface area (Å²) in [6.07, 6.45) is 1.84. The first kappa shape index (κ1) is 24.5. The van der Waals surface area contributed by atoms with Crippen molar-refractivity contribution >= 4 is 29.0 Å². The molecule has 7 nitrogen and oxygen atoms in total. The highest BCUT2D eigenvalue weighted by Crippen LogP contribution is 2.43. The highest BCUT2D eigenvalue weighted by atomic mass is 32.1. The minimum Gasteiger partial charge on any atom is -0.491 e. The van der Waals surface area contributed by atoms with Gasteiger partial charge in [-0.05, 0) is 99.2 Å². The van der Waals surface area contributed by atoms with Crippen LogP contribution in [0.25, 0.3) is 11.3 Å². The molecule has 2 N–H and O–H groups in total. The zero-order chi connectivity index (χ0) is 26.1. The number of thiocarbonyl (C=S) groups is 1. The Bertz CT molecular complexity index is 1430. The van der Waals surface area contributed by atoms with Gasteiger partial charge in [0.2, 0.25) is 0 Å². The lowest BCUT2D eigenvalue weighted by Crippen LogP contribution is -2.29. The van der Waals surface area contributed by atoms with E-state index in [1.807, 2.05) is 80.3 Å². The van der Waals surface area contributed by atoms with E-state index in [1.165, 1.54) is 0 Å². The van der Waals surface area contributed by atoms with Crippen LogP contribution in [0.3, 0.4) is 0 Å². The number of anilines is 1. The number of nitrogens with zero attached hydrogens (tertiary/aromatic N) is 2. The predicted molar refractivity (Wildman–Crippen MR) is 146 cm³/mol. The van der Waals surface area contributed by atoms with Crippen molar-refractivity contribution in [3.8, 4) is 17.1 Å². The Kier molecular flexibility index (Phi) is 6.67. The summed E-state index contributed by atoms with van der Waals surface area (Å²) >= 11 is 5.80. The van der Waals surface area contributed by atoms with E-state index < -0.39 is 5.97 Å². The van der Waals surface area contributed by atoms with Crippen LogP contribution in [0, 0.1) is 6.92 Å². The Morgan fingerprint density at radius 1 is 1.11 bits per heavy atom. The molecule has 8 heteroatoms. The third-order valence-corrected chi connectivity index (χ3v) is 6.56. The van der Waals surface area contributed by atoms with Crippen LogP contribution in [0.5, 0.6) is 5.75 Å². The van der Waals surface area contributed by atoms with Gasteiger partial charge in [0, 0.05) is 17.4 Å². The lowest BCUT2D eigenvalue weighted by atomic mass is 10.0. The number of hydrogen-bond donors (Lipinski definition) is 2. The molecule has 1 aliphatic heterocycles. The van der Waals surface area contributed by atoms with Crippen LogP contribution in [0.1, 0.15) is 53.3 Å². The molecule has 2 aromatic carbocycles. The second-order valence-electron chi connectivity index (χ2n) is 9.19. The molecule has 3 heterocycles. The number of ether oxygens (including phenoxy) is 1. The van der Waals surface area contributed by atoms with Gasteiger partial charge in [-0.25, -0.2) is 4.79 Å². The summed E-state index contributed by atoms with van der Waals surface area (Å²) in [6, 6.07) is 22.0. The van der Waals surface area contributed by atoms with Crippen LogP contribution >= 0.6 is 12.2 Å². The summed E-state index contributed by atoms with van der Waals surface area (Å²) in [6.45, 7) is 5.86. The Labute approximate surface area is 220 Å². The van der Waals surface area contributed by atoms with Gasteiger partial charge in [-0.15, -0.1) is 0 Å². The van der Waals surface area contributed by atoms with Gasteiger partial charge in [-0.3, -0.25) is 4.98 Å². The molecule has 1 aliphatic rings. The molecule has 188 valence electrons. The highest BCUT2D eigenvalue weighted by Gasteiger charge is 2.42. The van der Waals surface area contributed by atoms with Gasteiger partial charge in [-0.1, -0.05) is 12.1 Å². The van der Waals surface area contributed by atoms with Crippen LogP contribution < -0.4 is 15.0 Å². The molecule has 2 atom stereocenters. The fourth-order valence-corrected chi connectivity index (χ4v) is 4.96. The number of rotatable bonds is 7. The van der Waals surface area contributed by atoms with E-state index in [0.29, 0.717) is 16.6 Å². The Morgan fingerprint density at radius 2 is 1.89 bits per heavy atom. The molecule has 0 bridgehead atoms. The quantitative estimate of drug-likeness (QED) is 0.278. The Balaban J connectivity index is 1.55. The van der Waals surface area contributed by atoms with E-state index in [9.17, 15) is 9.90 Å². The number of carbonyl (C=O) groups is 1. The number of carboxylic acids is 1. The first-order valence-electron chi connectivity index (χ1n) is 12.0. The summed E-state index contributed by atoms with van der Waals surface area (Å²) in [5.74, 6) is 1.19. The first-order valence-corrected chi connectivity index (χ1v) is 12.4. The molecular formula is C29H27N3O4S. The second kappa shape index (κ2) is 10.1. The topological polar surface area (TPSA) is 87.8 Å². The van der Waals surface area contributed by atoms with E-state index in [0.717, 1.165) is 28.3 Å². The van der Waals surface area contributed by atoms with Crippen molar-refractivity contribution in [2.45, 2.75) is 39.0 Å². The van der Waals surface area contributed by atoms with E-state index >= 15 is 0 Å². The summed E-state index contributed by atoms with van der Waals surface area (Å²) in [4.78, 5) is 18.0. The van der Waals surface area contributed by atoms with Crippen LogP contribution in [-0.2, 0) is 0 Å². The molecule has 0 saturated carbocycles. The summed E-state index contributed by atoms with van der Waals surface area (Å²) in [7, 11) is 0. The number of furan rings is 1. The number of aromatic carboxylic acids is 1.